The van der Waals surface area contributed by atoms with Crippen molar-refractivity contribution < 1.29 is 15.0 Å². The Labute approximate surface area is 161 Å². The Balaban J connectivity index is 1.59. The van der Waals surface area contributed by atoms with Crippen molar-refractivity contribution in [1.29, 1.82) is 0 Å². The van der Waals surface area contributed by atoms with Gasteiger partial charge in [-0.15, -0.1) is 0 Å². The standard InChI is InChI=1S/C22H17N3O3/c26-18-10-11-19(21(27)14-18)20-12-13-23-25(20)17-8-6-16(7-9-17)24-22(28)15-4-2-1-3-5-15/h1-14,26-27H,(H,24,28). The number of phenolic OH excluding ortho intramolecular Hbond substituents is 2. The van der Waals surface area contributed by atoms with Gasteiger partial charge < -0.3 is 15.5 Å². The first kappa shape index (κ1) is 17.4. The second-order valence-electron chi connectivity index (χ2n) is 6.20. The molecule has 1 aromatic heterocycles. The molecule has 0 saturated carbocycles. The predicted molar refractivity (Wildman–Crippen MR) is 107 cm³/mol. The molecule has 0 aliphatic carbocycles. The molecule has 0 atom stereocenters. The lowest BCUT2D eigenvalue weighted by Crippen LogP contribution is -2.11. The Morgan fingerprint density at radius 1 is 0.893 bits per heavy atom. The third kappa shape index (κ3) is 3.43. The zero-order valence-electron chi connectivity index (χ0n) is 14.8. The average molecular weight is 371 g/mol. The molecule has 4 aromatic rings. The quantitative estimate of drug-likeness (QED) is 0.502. The summed E-state index contributed by atoms with van der Waals surface area (Å²) >= 11 is 0. The molecule has 3 N–H and O–H groups in total. The van der Waals surface area contributed by atoms with Crippen LogP contribution in [-0.4, -0.2) is 25.9 Å². The van der Waals surface area contributed by atoms with Gasteiger partial charge in [-0.3, -0.25) is 4.79 Å². The van der Waals surface area contributed by atoms with Gasteiger partial charge in [-0.05, 0) is 54.6 Å². The van der Waals surface area contributed by atoms with Gasteiger partial charge in [-0.1, -0.05) is 18.2 Å². The molecule has 0 aliphatic heterocycles. The van der Waals surface area contributed by atoms with Gasteiger partial charge in [0.1, 0.15) is 11.5 Å². The van der Waals surface area contributed by atoms with Crippen molar-refractivity contribution in [2.45, 2.75) is 0 Å². The topological polar surface area (TPSA) is 87.4 Å². The highest BCUT2D eigenvalue weighted by molar-refractivity contribution is 6.04. The number of nitrogens with zero attached hydrogens (tertiary/aromatic N) is 2. The average Bonchev–Trinajstić information content (AvgIpc) is 3.19. The van der Waals surface area contributed by atoms with Crippen molar-refractivity contribution in [3.05, 3.63) is 90.6 Å². The number of hydrogen-bond donors (Lipinski definition) is 3. The lowest BCUT2D eigenvalue weighted by atomic mass is 10.1. The monoisotopic (exact) mass is 371 g/mol. The molecule has 0 bridgehead atoms. The van der Waals surface area contributed by atoms with Crippen LogP contribution in [0.2, 0.25) is 0 Å². The predicted octanol–water partition coefficient (Wildman–Crippen LogP) is 4.20. The summed E-state index contributed by atoms with van der Waals surface area (Å²) in [6.45, 7) is 0. The summed E-state index contributed by atoms with van der Waals surface area (Å²) in [6.07, 6.45) is 1.63. The van der Waals surface area contributed by atoms with Crippen LogP contribution in [-0.2, 0) is 0 Å². The van der Waals surface area contributed by atoms with Crippen LogP contribution in [0.5, 0.6) is 11.5 Å². The third-order valence-corrected chi connectivity index (χ3v) is 4.31. The van der Waals surface area contributed by atoms with Gasteiger partial charge in [0.05, 0.1) is 17.6 Å². The Kier molecular flexibility index (Phi) is 4.51. The van der Waals surface area contributed by atoms with E-state index in [1.54, 1.807) is 47.3 Å². The largest absolute Gasteiger partial charge is 0.508 e. The Bertz CT molecular complexity index is 1120. The van der Waals surface area contributed by atoms with E-state index in [4.69, 9.17) is 0 Å². The minimum Gasteiger partial charge on any atom is -0.508 e. The molecule has 138 valence electrons. The first-order valence-electron chi connectivity index (χ1n) is 8.65. The van der Waals surface area contributed by atoms with Gasteiger partial charge in [0.2, 0.25) is 0 Å². The van der Waals surface area contributed by atoms with E-state index in [-0.39, 0.29) is 17.4 Å². The van der Waals surface area contributed by atoms with Crippen molar-refractivity contribution in [3.63, 3.8) is 0 Å². The Morgan fingerprint density at radius 3 is 2.36 bits per heavy atom. The molecule has 0 radical (unpaired) electrons. The summed E-state index contributed by atoms with van der Waals surface area (Å²) in [5.74, 6) is -0.221. The maximum absolute atomic E-state index is 12.3. The molecule has 1 heterocycles. The number of hydrogen-bond acceptors (Lipinski definition) is 4. The van der Waals surface area contributed by atoms with Gasteiger partial charge in [0.25, 0.3) is 5.91 Å². The van der Waals surface area contributed by atoms with Crippen molar-refractivity contribution in [2.75, 3.05) is 5.32 Å². The molecule has 4 rings (SSSR count). The molecule has 28 heavy (non-hydrogen) atoms. The molecule has 3 aromatic carbocycles. The minimum atomic E-state index is -0.179. The van der Waals surface area contributed by atoms with Crippen LogP contribution >= 0.6 is 0 Å². The SMILES string of the molecule is O=C(Nc1ccc(-n2nccc2-c2ccc(O)cc2O)cc1)c1ccccc1. The summed E-state index contributed by atoms with van der Waals surface area (Å²) in [4.78, 5) is 12.3. The zero-order valence-corrected chi connectivity index (χ0v) is 14.8. The fraction of sp³-hybridized carbons (Fsp3) is 0. The number of aromatic hydroxyl groups is 2. The second-order valence-corrected chi connectivity index (χ2v) is 6.20. The van der Waals surface area contributed by atoms with Gasteiger partial charge in [-0.25, -0.2) is 4.68 Å². The van der Waals surface area contributed by atoms with Crippen molar-refractivity contribution in [3.8, 4) is 28.4 Å². The number of phenols is 2. The van der Waals surface area contributed by atoms with Gasteiger partial charge in [-0.2, -0.15) is 5.10 Å². The smallest absolute Gasteiger partial charge is 0.255 e. The fourth-order valence-electron chi connectivity index (χ4n) is 2.93. The van der Waals surface area contributed by atoms with E-state index in [0.717, 1.165) is 5.69 Å². The van der Waals surface area contributed by atoms with Crippen LogP contribution in [0.4, 0.5) is 5.69 Å². The Morgan fingerprint density at radius 2 is 1.64 bits per heavy atom. The van der Waals surface area contributed by atoms with Crippen molar-refractivity contribution in [1.82, 2.24) is 9.78 Å². The molecule has 6 nitrogen and oxygen atoms in total. The highest BCUT2D eigenvalue weighted by atomic mass is 16.3. The van der Waals surface area contributed by atoms with Crippen molar-refractivity contribution in [2.24, 2.45) is 0 Å². The van der Waals surface area contributed by atoms with Gasteiger partial charge >= 0.3 is 0 Å². The first-order valence-corrected chi connectivity index (χ1v) is 8.65. The molecule has 0 saturated heterocycles. The van der Waals surface area contributed by atoms with Crippen LogP contribution in [0, 0.1) is 0 Å². The van der Waals surface area contributed by atoms with Crippen molar-refractivity contribution >= 4 is 11.6 Å². The maximum atomic E-state index is 12.3. The molecular formula is C22H17N3O3. The van der Waals surface area contributed by atoms with Crippen LogP contribution in [0.15, 0.2) is 85.1 Å². The molecule has 0 spiro atoms. The number of rotatable bonds is 4. The normalized spacial score (nSPS) is 10.6. The van der Waals surface area contributed by atoms with Crippen LogP contribution in [0.1, 0.15) is 10.4 Å². The maximum Gasteiger partial charge on any atom is 0.255 e. The van der Waals surface area contributed by atoms with Gasteiger partial charge in [0, 0.05) is 22.9 Å². The van der Waals surface area contributed by atoms with E-state index in [0.29, 0.717) is 22.5 Å². The summed E-state index contributed by atoms with van der Waals surface area (Å²) < 4.78 is 1.68. The molecule has 6 heteroatoms. The van der Waals surface area contributed by atoms with Crippen LogP contribution in [0.3, 0.4) is 0 Å². The lowest BCUT2D eigenvalue weighted by Gasteiger charge is -2.11. The number of amides is 1. The summed E-state index contributed by atoms with van der Waals surface area (Å²) in [5, 5.41) is 26.8. The number of nitrogens with one attached hydrogen (secondary N) is 1. The summed E-state index contributed by atoms with van der Waals surface area (Å²) in [7, 11) is 0. The zero-order chi connectivity index (χ0) is 19.5. The Hall–Kier alpha value is -4.06. The van der Waals surface area contributed by atoms with E-state index >= 15 is 0 Å². The first-order chi connectivity index (χ1) is 13.6. The number of carbonyl (C=O) groups is 1. The van der Waals surface area contributed by atoms with E-state index in [2.05, 4.69) is 10.4 Å². The third-order valence-electron chi connectivity index (χ3n) is 4.31. The molecule has 0 aliphatic rings. The molecule has 1 amide bonds. The van der Waals surface area contributed by atoms with Crippen LogP contribution < -0.4 is 5.32 Å². The fourth-order valence-corrected chi connectivity index (χ4v) is 2.93. The number of aromatic nitrogens is 2. The highest BCUT2D eigenvalue weighted by Gasteiger charge is 2.12. The van der Waals surface area contributed by atoms with Gasteiger partial charge in [0.15, 0.2) is 0 Å². The number of carbonyl (C=O) groups excluding carboxylic acids is 1. The molecular weight excluding hydrogens is 354 g/mol. The van der Waals surface area contributed by atoms with E-state index in [9.17, 15) is 15.0 Å². The second kappa shape index (κ2) is 7.28. The summed E-state index contributed by atoms with van der Waals surface area (Å²) in [6, 6.07) is 22.4. The summed E-state index contributed by atoms with van der Waals surface area (Å²) in [5.41, 5.74) is 3.25. The molecule has 0 fully saturated rings. The van der Waals surface area contributed by atoms with Crippen LogP contribution in [0.25, 0.3) is 16.9 Å². The van der Waals surface area contributed by atoms with E-state index in [1.165, 1.54) is 12.1 Å². The van der Waals surface area contributed by atoms with E-state index in [1.807, 2.05) is 30.3 Å². The van der Waals surface area contributed by atoms with E-state index < -0.39 is 0 Å². The lowest BCUT2D eigenvalue weighted by molar-refractivity contribution is 0.102. The number of anilines is 1. The highest BCUT2D eigenvalue weighted by Crippen LogP contribution is 2.33. The number of benzene rings is 3. The molecule has 0 unspecified atom stereocenters. The minimum absolute atomic E-state index is 0.00849.